The summed E-state index contributed by atoms with van der Waals surface area (Å²) in [6.45, 7) is 3.50. The number of aliphatic imine (C=N–C) groups is 1. The number of carbonyl (C=O) groups excluding carboxylic acids is 3. The first-order chi connectivity index (χ1) is 14.1. The molecular formula is C17H26NO10PS. The van der Waals surface area contributed by atoms with Crippen LogP contribution < -0.4 is 0 Å². The quantitative estimate of drug-likeness (QED) is 0.277. The Morgan fingerprint density at radius 2 is 1.63 bits per heavy atom. The van der Waals surface area contributed by atoms with Gasteiger partial charge < -0.3 is 28.0 Å². The SMILES string of the molecule is COP(=O)(CCC1=NC2C(O[C@H](COC(C)=O)[C@@H](OC(C)=O)[C@@H]2OC(C)=O)S1)OC. The van der Waals surface area contributed by atoms with Crippen LogP contribution in [-0.4, -0.2) is 79.7 Å². The number of esters is 3. The van der Waals surface area contributed by atoms with E-state index in [0.29, 0.717) is 11.5 Å². The van der Waals surface area contributed by atoms with E-state index in [4.69, 9.17) is 28.0 Å². The molecule has 0 aromatic heterocycles. The normalized spacial score (nSPS) is 28.3. The van der Waals surface area contributed by atoms with Gasteiger partial charge in [0, 0.05) is 41.4 Å². The Bertz CT molecular complexity index is 736. The van der Waals surface area contributed by atoms with E-state index < -0.39 is 55.3 Å². The van der Waals surface area contributed by atoms with Crippen LogP contribution in [0, 0.1) is 0 Å². The lowest BCUT2D eigenvalue weighted by molar-refractivity contribution is -0.208. The van der Waals surface area contributed by atoms with Gasteiger partial charge in [-0.3, -0.25) is 23.9 Å². The topological polar surface area (TPSA) is 136 Å². The van der Waals surface area contributed by atoms with Crippen LogP contribution in [0.3, 0.4) is 0 Å². The van der Waals surface area contributed by atoms with Crippen molar-refractivity contribution < 1.29 is 46.9 Å². The molecule has 0 aliphatic carbocycles. The number of thioether (sulfide) groups is 1. The maximum absolute atomic E-state index is 12.3. The predicted molar refractivity (Wildman–Crippen MR) is 106 cm³/mol. The molecule has 0 radical (unpaired) electrons. The Morgan fingerprint density at radius 1 is 1.03 bits per heavy atom. The highest BCUT2D eigenvalue weighted by Crippen LogP contribution is 2.48. The third-order valence-corrected chi connectivity index (χ3v) is 7.46. The molecule has 0 amide bonds. The van der Waals surface area contributed by atoms with Crippen LogP contribution in [0.5, 0.6) is 0 Å². The van der Waals surface area contributed by atoms with E-state index >= 15 is 0 Å². The zero-order valence-electron chi connectivity index (χ0n) is 17.4. The lowest BCUT2D eigenvalue weighted by atomic mass is 9.98. The molecule has 0 aromatic carbocycles. The van der Waals surface area contributed by atoms with Gasteiger partial charge in [-0.2, -0.15) is 0 Å². The van der Waals surface area contributed by atoms with E-state index in [2.05, 4.69) is 4.99 Å². The van der Waals surface area contributed by atoms with Gasteiger partial charge >= 0.3 is 25.5 Å². The molecule has 1 saturated heterocycles. The van der Waals surface area contributed by atoms with Gasteiger partial charge in [0.1, 0.15) is 24.2 Å². The average molecular weight is 467 g/mol. The van der Waals surface area contributed by atoms with Crippen molar-refractivity contribution in [3.8, 4) is 0 Å². The molecule has 30 heavy (non-hydrogen) atoms. The van der Waals surface area contributed by atoms with Crippen LogP contribution in [0.15, 0.2) is 4.99 Å². The molecule has 0 saturated carbocycles. The van der Waals surface area contributed by atoms with E-state index in [1.165, 1.54) is 46.8 Å². The minimum atomic E-state index is -3.22. The second-order valence-electron chi connectivity index (χ2n) is 6.57. The van der Waals surface area contributed by atoms with Crippen molar-refractivity contribution in [1.29, 1.82) is 0 Å². The van der Waals surface area contributed by atoms with E-state index in [1.807, 2.05) is 0 Å². The first-order valence-electron chi connectivity index (χ1n) is 9.15. The molecular weight excluding hydrogens is 441 g/mol. The van der Waals surface area contributed by atoms with Gasteiger partial charge in [0.2, 0.25) is 0 Å². The Hall–Kier alpha value is -1.46. The molecule has 5 atom stereocenters. The number of rotatable bonds is 9. The molecule has 0 aromatic rings. The number of ether oxygens (including phenoxy) is 4. The Balaban J connectivity index is 2.24. The monoisotopic (exact) mass is 467 g/mol. The summed E-state index contributed by atoms with van der Waals surface area (Å²) >= 11 is 1.27. The van der Waals surface area contributed by atoms with Gasteiger partial charge in [-0.15, -0.1) is 0 Å². The summed E-state index contributed by atoms with van der Waals surface area (Å²) in [6.07, 6.45) is -2.41. The summed E-state index contributed by atoms with van der Waals surface area (Å²) in [4.78, 5) is 39.1. The molecule has 2 aliphatic heterocycles. The average Bonchev–Trinajstić information content (AvgIpc) is 3.08. The highest BCUT2D eigenvalue weighted by molar-refractivity contribution is 8.14. The number of fused-ring (bicyclic) bond motifs is 1. The van der Waals surface area contributed by atoms with Crippen molar-refractivity contribution in [2.45, 2.75) is 57.0 Å². The lowest BCUT2D eigenvalue weighted by Crippen LogP contribution is -2.59. The number of carbonyl (C=O) groups is 3. The summed E-state index contributed by atoms with van der Waals surface area (Å²) in [6, 6.07) is -0.656. The zero-order valence-corrected chi connectivity index (χ0v) is 19.1. The van der Waals surface area contributed by atoms with Crippen molar-refractivity contribution in [3.63, 3.8) is 0 Å². The van der Waals surface area contributed by atoms with Crippen LogP contribution in [0.2, 0.25) is 0 Å². The third-order valence-electron chi connectivity index (χ3n) is 4.37. The Labute approximate surface area is 178 Å². The summed E-state index contributed by atoms with van der Waals surface area (Å²) in [5.74, 6) is -1.72. The molecule has 13 heteroatoms. The standard InChI is InChI=1S/C17H26NO10PS/c1-9(19)25-8-12-15(26-10(2)20)16(27-11(3)21)14-17(28-12)30-13(18-14)6-7-29(22,23-4)24-5/h12,14-17H,6-8H2,1-5H3/t12-,14?,15-,16-,17?/m1/s1. The molecule has 0 spiro atoms. The zero-order chi connectivity index (χ0) is 22.5. The molecule has 2 unspecified atom stereocenters. The van der Waals surface area contributed by atoms with E-state index in [1.54, 1.807) is 0 Å². The number of hydrogen-bond donors (Lipinski definition) is 0. The summed E-state index contributed by atoms with van der Waals surface area (Å²) in [7, 11) is -0.619. The fourth-order valence-corrected chi connectivity index (χ4v) is 5.44. The van der Waals surface area contributed by atoms with Gasteiger partial charge in [-0.25, -0.2) is 0 Å². The van der Waals surface area contributed by atoms with Crippen LogP contribution >= 0.6 is 19.4 Å². The van der Waals surface area contributed by atoms with E-state index in [0.717, 1.165) is 0 Å². The second kappa shape index (κ2) is 10.7. The molecule has 2 rings (SSSR count). The predicted octanol–water partition coefficient (Wildman–Crippen LogP) is 1.53. The third kappa shape index (κ3) is 6.52. The first-order valence-corrected chi connectivity index (χ1v) is 11.8. The highest BCUT2D eigenvalue weighted by atomic mass is 32.2. The van der Waals surface area contributed by atoms with E-state index in [9.17, 15) is 18.9 Å². The Morgan fingerprint density at radius 3 is 2.17 bits per heavy atom. The van der Waals surface area contributed by atoms with Crippen molar-refractivity contribution in [2.75, 3.05) is 27.0 Å². The summed E-state index contributed by atoms with van der Waals surface area (Å²) in [5, 5.41) is 0.603. The van der Waals surface area contributed by atoms with Crippen LogP contribution in [-0.2, 0) is 46.9 Å². The van der Waals surface area contributed by atoms with Crippen LogP contribution in [0.25, 0.3) is 0 Å². The maximum Gasteiger partial charge on any atom is 0.330 e. The van der Waals surface area contributed by atoms with E-state index in [-0.39, 0.29) is 12.8 Å². The van der Waals surface area contributed by atoms with Crippen LogP contribution in [0.1, 0.15) is 27.2 Å². The van der Waals surface area contributed by atoms with Gasteiger partial charge in [0.05, 0.1) is 11.2 Å². The maximum atomic E-state index is 12.3. The highest BCUT2D eigenvalue weighted by Gasteiger charge is 2.53. The summed E-state index contributed by atoms with van der Waals surface area (Å²) < 4.78 is 43.9. The molecule has 2 heterocycles. The van der Waals surface area contributed by atoms with Crippen molar-refractivity contribution >= 4 is 42.3 Å². The van der Waals surface area contributed by atoms with Gasteiger partial charge in [-0.1, -0.05) is 11.8 Å². The molecule has 11 nitrogen and oxygen atoms in total. The molecule has 2 aliphatic rings. The molecule has 170 valence electrons. The smallest absolute Gasteiger partial charge is 0.330 e. The second-order valence-corrected chi connectivity index (χ2v) is 10.1. The van der Waals surface area contributed by atoms with Crippen molar-refractivity contribution in [3.05, 3.63) is 0 Å². The fraction of sp³-hybridized carbons (Fsp3) is 0.765. The molecule has 0 N–H and O–H groups in total. The van der Waals surface area contributed by atoms with Crippen LogP contribution in [0.4, 0.5) is 0 Å². The minimum Gasteiger partial charge on any atom is -0.463 e. The van der Waals surface area contributed by atoms with Crippen molar-refractivity contribution in [1.82, 2.24) is 0 Å². The number of hydrogen-bond acceptors (Lipinski definition) is 12. The largest absolute Gasteiger partial charge is 0.463 e. The van der Waals surface area contributed by atoms with Gasteiger partial charge in [0.25, 0.3) is 0 Å². The number of nitrogens with zero attached hydrogens (tertiary/aromatic N) is 1. The van der Waals surface area contributed by atoms with Gasteiger partial charge in [-0.05, 0) is 0 Å². The van der Waals surface area contributed by atoms with Gasteiger partial charge in [0.15, 0.2) is 12.2 Å². The van der Waals surface area contributed by atoms with Crippen molar-refractivity contribution in [2.24, 2.45) is 4.99 Å². The molecule has 0 bridgehead atoms. The fourth-order valence-electron chi connectivity index (χ4n) is 3.06. The lowest BCUT2D eigenvalue weighted by Gasteiger charge is -2.41. The Kier molecular flexibility index (Phi) is 8.86. The first kappa shape index (κ1) is 24.8. The minimum absolute atomic E-state index is 0.105. The molecule has 1 fully saturated rings. The summed E-state index contributed by atoms with van der Waals surface area (Å²) in [5.41, 5.74) is -0.568.